The predicted molar refractivity (Wildman–Crippen MR) is 134 cm³/mol. The first-order valence-electron chi connectivity index (χ1n) is 11.2. The minimum absolute atomic E-state index is 0.182. The number of carbonyl (C=O) groups is 1. The average Bonchev–Trinajstić information content (AvgIpc) is 2.86. The molecular weight excluding hydrogens is 443 g/mol. The zero-order valence-corrected chi connectivity index (χ0v) is 19.4. The van der Waals surface area contributed by atoms with Gasteiger partial charge in [0.2, 0.25) is 0 Å². The van der Waals surface area contributed by atoms with E-state index in [1.807, 2.05) is 44.2 Å². The van der Waals surface area contributed by atoms with Gasteiger partial charge in [-0.05, 0) is 78.1 Å². The van der Waals surface area contributed by atoms with Crippen LogP contribution in [0.3, 0.4) is 0 Å². The first kappa shape index (κ1) is 23.8. The Labute approximate surface area is 203 Å². The highest BCUT2D eigenvalue weighted by molar-refractivity contribution is 6.01. The summed E-state index contributed by atoms with van der Waals surface area (Å²) in [6.07, 6.45) is 2.08. The summed E-state index contributed by atoms with van der Waals surface area (Å²) in [5.41, 5.74) is 6.93. The molecule has 2 N–H and O–H groups in total. The Morgan fingerprint density at radius 1 is 0.914 bits per heavy atom. The zero-order chi connectivity index (χ0) is 24.9. The molecule has 4 aromatic rings. The van der Waals surface area contributed by atoms with E-state index in [1.54, 1.807) is 42.6 Å². The molecule has 0 saturated carbocycles. The van der Waals surface area contributed by atoms with E-state index in [9.17, 15) is 14.4 Å². The van der Waals surface area contributed by atoms with Crippen molar-refractivity contribution in [2.24, 2.45) is 5.16 Å². The molecule has 0 amide bonds. The highest BCUT2D eigenvalue weighted by Gasteiger charge is 2.21. The molecule has 5 nitrogen and oxygen atoms in total. The standard InChI is InChI=1S/C29H25FN2O3/c1-18-15-25(30)11-12-26(18)27(17-28(32-35)24-13-14-31-19(2)16-24)22-7-3-20(4-8-22)21-5-9-23(10-6-21)29(33)34/h3-16,27,35H,17H2,1-2H3,(H,33,34)/b32-28+. The van der Waals surface area contributed by atoms with E-state index in [0.29, 0.717) is 12.1 Å². The van der Waals surface area contributed by atoms with Gasteiger partial charge in [0, 0.05) is 29.8 Å². The molecule has 0 radical (unpaired) electrons. The molecule has 0 spiro atoms. The smallest absolute Gasteiger partial charge is 0.335 e. The van der Waals surface area contributed by atoms with Gasteiger partial charge in [-0.2, -0.15) is 0 Å². The van der Waals surface area contributed by atoms with E-state index in [1.165, 1.54) is 12.1 Å². The van der Waals surface area contributed by atoms with Crippen LogP contribution in [0.5, 0.6) is 0 Å². The lowest BCUT2D eigenvalue weighted by Crippen LogP contribution is -2.12. The number of rotatable bonds is 7. The predicted octanol–water partition coefficient (Wildman–Crippen LogP) is 6.60. The Kier molecular flexibility index (Phi) is 7.01. The topological polar surface area (TPSA) is 82.8 Å². The molecule has 0 fully saturated rings. The fourth-order valence-electron chi connectivity index (χ4n) is 4.29. The molecule has 35 heavy (non-hydrogen) atoms. The van der Waals surface area contributed by atoms with Gasteiger partial charge in [0.1, 0.15) is 5.82 Å². The lowest BCUT2D eigenvalue weighted by Gasteiger charge is -2.21. The summed E-state index contributed by atoms with van der Waals surface area (Å²) in [5, 5.41) is 22.6. The van der Waals surface area contributed by atoms with Crippen molar-refractivity contribution in [3.8, 4) is 11.1 Å². The number of carboxylic acid groups (broad SMARTS) is 1. The maximum absolute atomic E-state index is 13.9. The molecular formula is C29H25FN2O3. The molecule has 1 atom stereocenters. The van der Waals surface area contributed by atoms with Gasteiger partial charge in [-0.25, -0.2) is 9.18 Å². The molecule has 1 aromatic heterocycles. The second-order valence-corrected chi connectivity index (χ2v) is 8.49. The van der Waals surface area contributed by atoms with E-state index in [-0.39, 0.29) is 17.3 Å². The number of benzene rings is 3. The number of carboxylic acids is 1. The lowest BCUT2D eigenvalue weighted by atomic mass is 9.83. The number of aromatic carboxylic acids is 1. The number of pyridine rings is 1. The fraction of sp³-hybridized carbons (Fsp3) is 0.138. The van der Waals surface area contributed by atoms with E-state index in [0.717, 1.165) is 39.1 Å². The summed E-state index contributed by atoms with van der Waals surface area (Å²) in [6.45, 7) is 3.75. The minimum Gasteiger partial charge on any atom is -0.478 e. The van der Waals surface area contributed by atoms with Crippen LogP contribution in [0.2, 0.25) is 0 Å². The normalized spacial score (nSPS) is 12.4. The zero-order valence-electron chi connectivity index (χ0n) is 19.4. The van der Waals surface area contributed by atoms with Crippen molar-refractivity contribution in [3.63, 3.8) is 0 Å². The van der Waals surface area contributed by atoms with Gasteiger partial charge in [-0.15, -0.1) is 0 Å². The van der Waals surface area contributed by atoms with Crippen LogP contribution in [0.4, 0.5) is 4.39 Å². The second kappa shape index (κ2) is 10.3. The average molecular weight is 469 g/mol. The maximum atomic E-state index is 13.9. The quantitative estimate of drug-likeness (QED) is 0.182. The van der Waals surface area contributed by atoms with Gasteiger partial charge in [-0.3, -0.25) is 4.98 Å². The first-order valence-corrected chi connectivity index (χ1v) is 11.2. The van der Waals surface area contributed by atoms with E-state index < -0.39 is 5.97 Å². The Morgan fingerprint density at radius 3 is 2.14 bits per heavy atom. The molecule has 4 rings (SSSR count). The van der Waals surface area contributed by atoms with Gasteiger partial charge in [0.05, 0.1) is 11.3 Å². The number of oxime groups is 1. The highest BCUT2D eigenvalue weighted by Crippen LogP contribution is 2.33. The molecule has 1 heterocycles. The van der Waals surface area contributed by atoms with Crippen LogP contribution >= 0.6 is 0 Å². The summed E-state index contributed by atoms with van der Waals surface area (Å²) in [4.78, 5) is 15.3. The van der Waals surface area contributed by atoms with Gasteiger partial charge in [-0.1, -0.05) is 47.6 Å². The van der Waals surface area contributed by atoms with Crippen molar-refractivity contribution in [1.29, 1.82) is 0 Å². The molecule has 3 aromatic carbocycles. The van der Waals surface area contributed by atoms with E-state index >= 15 is 0 Å². The Bertz CT molecular complexity index is 1380. The van der Waals surface area contributed by atoms with Crippen molar-refractivity contribution < 1.29 is 19.5 Å². The number of nitrogens with zero attached hydrogens (tertiary/aromatic N) is 2. The van der Waals surface area contributed by atoms with Crippen LogP contribution in [0.15, 0.2) is 90.2 Å². The molecule has 1 unspecified atom stereocenters. The van der Waals surface area contributed by atoms with Gasteiger partial charge < -0.3 is 10.3 Å². The third kappa shape index (κ3) is 5.44. The van der Waals surface area contributed by atoms with E-state index in [4.69, 9.17) is 5.11 Å². The summed E-state index contributed by atoms with van der Waals surface area (Å²) in [7, 11) is 0. The molecule has 6 heteroatoms. The van der Waals surface area contributed by atoms with Crippen LogP contribution in [0.1, 0.15) is 50.6 Å². The molecule has 0 aliphatic heterocycles. The number of hydrogen-bond donors (Lipinski definition) is 2. The third-order valence-corrected chi connectivity index (χ3v) is 6.13. The molecule has 0 aliphatic carbocycles. The van der Waals surface area contributed by atoms with Gasteiger partial charge in [0.15, 0.2) is 0 Å². The lowest BCUT2D eigenvalue weighted by molar-refractivity contribution is 0.0697. The Morgan fingerprint density at radius 2 is 1.57 bits per heavy atom. The van der Waals surface area contributed by atoms with Crippen LogP contribution in [-0.4, -0.2) is 27.0 Å². The fourth-order valence-corrected chi connectivity index (χ4v) is 4.29. The third-order valence-electron chi connectivity index (χ3n) is 6.13. The van der Waals surface area contributed by atoms with Crippen molar-refractivity contribution in [3.05, 3.63) is 124 Å². The second-order valence-electron chi connectivity index (χ2n) is 8.49. The Hall–Kier alpha value is -4.32. The number of halogens is 1. The van der Waals surface area contributed by atoms with Crippen LogP contribution in [0.25, 0.3) is 11.1 Å². The van der Waals surface area contributed by atoms with Crippen molar-refractivity contribution in [1.82, 2.24) is 4.98 Å². The van der Waals surface area contributed by atoms with Gasteiger partial charge >= 0.3 is 5.97 Å². The summed E-state index contributed by atoms with van der Waals surface area (Å²) >= 11 is 0. The summed E-state index contributed by atoms with van der Waals surface area (Å²) in [6, 6.07) is 23.1. The molecule has 0 saturated heterocycles. The highest BCUT2D eigenvalue weighted by atomic mass is 19.1. The van der Waals surface area contributed by atoms with Crippen molar-refractivity contribution in [2.75, 3.05) is 0 Å². The minimum atomic E-state index is -0.963. The monoisotopic (exact) mass is 468 g/mol. The summed E-state index contributed by atoms with van der Waals surface area (Å²) in [5.74, 6) is -1.44. The molecule has 0 aliphatic rings. The Balaban J connectivity index is 1.71. The molecule has 176 valence electrons. The SMILES string of the molecule is Cc1cc(/C(CC(c2ccc(-c3ccc(C(=O)O)cc3)cc2)c2ccc(F)cc2C)=N/O)ccn1. The number of aryl methyl sites for hydroxylation is 2. The van der Waals surface area contributed by atoms with E-state index in [2.05, 4.69) is 10.1 Å². The van der Waals surface area contributed by atoms with Crippen molar-refractivity contribution in [2.45, 2.75) is 26.2 Å². The van der Waals surface area contributed by atoms with Crippen LogP contribution in [0, 0.1) is 19.7 Å². The van der Waals surface area contributed by atoms with Crippen LogP contribution in [-0.2, 0) is 0 Å². The molecule has 0 bridgehead atoms. The summed E-state index contributed by atoms with van der Waals surface area (Å²) < 4.78 is 13.9. The van der Waals surface area contributed by atoms with Crippen molar-refractivity contribution >= 4 is 11.7 Å². The number of aromatic nitrogens is 1. The first-order chi connectivity index (χ1) is 16.9. The largest absolute Gasteiger partial charge is 0.478 e. The maximum Gasteiger partial charge on any atom is 0.335 e. The van der Waals surface area contributed by atoms with Crippen LogP contribution < -0.4 is 0 Å². The number of hydrogen-bond acceptors (Lipinski definition) is 4. The van der Waals surface area contributed by atoms with Gasteiger partial charge in [0.25, 0.3) is 0 Å².